The van der Waals surface area contributed by atoms with E-state index in [1.54, 1.807) is 0 Å². The van der Waals surface area contributed by atoms with Gasteiger partial charge < -0.3 is 4.74 Å². The predicted molar refractivity (Wildman–Crippen MR) is 90.7 cm³/mol. The van der Waals surface area contributed by atoms with Crippen molar-refractivity contribution in [2.24, 2.45) is 0 Å². The minimum absolute atomic E-state index is 0.126. The van der Waals surface area contributed by atoms with Crippen LogP contribution in [0.1, 0.15) is 45.7 Å². The Morgan fingerprint density at radius 3 is 1.95 bits per heavy atom. The molecule has 112 valence electrons. The molecule has 2 aromatic rings. The minimum atomic E-state index is -0.126. The standard InChI is InChI=1S/C19H23ClO/c1-6-21-17-9-7-16(8-10-17)19(20)18-14(4)12(2)11-13(3)15(18)5/h7-11,19H,6H2,1-5H3. The Hall–Kier alpha value is -1.47. The highest BCUT2D eigenvalue weighted by Gasteiger charge is 2.18. The Labute approximate surface area is 132 Å². The van der Waals surface area contributed by atoms with E-state index < -0.39 is 0 Å². The van der Waals surface area contributed by atoms with Crippen molar-refractivity contribution in [2.75, 3.05) is 6.61 Å². The van der Waals surface area contributed by atoms with E-state index in [1.807, 2.05) is 19.1 Å². The van der Waals surface area contributed by atoms with E-state index in [0.29, 0.717) is 6.61 Å². The number of halogens is 1. The number of rotatable bonds is 4. The Kier molecular flexibility index (Phi) is 4.95. The lowest BCUT2D eigenvalue weighted by Gasteiger charge is -2.20. The Bertz CT molecular complexity index is 603. The van der Waals surface area contributed by atoms with Gasteiger partial charge in [0.25, 0.3) is 0 Å². The summed E-state index contributed by atoms with van der Waals surface area (Å²) in [5.41, 5.74) is 7.50. The molecule has 21 heavy (non-hydrogen) atoms. The summed E-state index contributed by atoms with van der Waals surface area (Å²) in [5, 5.41) is -0.126. The van der Waals surface area contributed by atoms with Gasteiger partial charge in [-0.15, -0.1) is 11.6 Å². The number of ether oxygens (including phenoxy) is 1. The minimum Gasteiger partial charge on any atom is -0.494 e. The van der Waals surface area contributed by atoms with Crippen LogP contribution in [0.4, 0.5) is 0 Å². The van der Waals surface area contributed by atoms with Crippen molar-refractivity contribution in [3.63, 3.8) is 0 Å². The molecule has 0 amide bonds. The van der Waals surface area contributed by atoms with Gasteiger partial charge in [-0.1, -0.05) is 18.2 Å². The van der Waals surface area contributed by atoms with Crippen LogP contribution in [-0.4, -0.2) is 6.61 Å². The van der Waals surface area contributed by atoms with Crippen molar-refractivity contribution in [2.45, 2.75) is 40.0 Å². The van der Waals surface area contributed by atoms with E-state index in [0.717, 1.165) is 11.3 Å². The molecule has 0 fully saturated rings. The number of aryl methyl sites for hydroxylation is 2. The third-order valence-electron chi connectivity index (χ3n) is 4.16. The topological polar surface area (TPSA) is 9.23 Å². The van der Waals surface area contributed by atoms with Crippen LogP contribution in [0.15, 0.2) is 30.3 Å². The summed E-state index contributed by atoms with van der Waals surface area (Å²) < 4.78 is 5.49. The summed E-state index contributed by atoms with van der Waals surface area (Å²) in [6.45, 7) is 11.3. The zero-order chi connectivity index (χ0) is 15.6. The van der Waals surface area contributed by atoms with E-state index in [1.165, 1.54) is 27.8 Å². The van der Waals surface area contributed by atoms with Gasteiger partial charge in [0.1, 0.15) is 5.75 Å². The van der Waals surface area contributed by atoms with Crippen LogP contribution in [0.5, 0.6) is 5.75 Å². The molecule has 0 bridgehead atoms. The van der Waals surface area contributed by atoms with Crippen molar-refractivity contribution in [3.05, 3.63) is 63.7 Å². The molecule has 1 atom stereocenters. The van der Waals surface area contributed by atoms with Crippen LogP contribution < -0.4 is 4.74 Å². The maximum atomic E-state index is 6.77. The van der Waals surface area contributed by atoms with Gasteiger partial charge in [0.2, 0.25) is 0 Å². The summed E-state index contributed by atoms with van der Waals surface area (Å²) in [5.74, 6) is 0.888. The molecule has 0 N–H and O–H groups in total. The van der Waals surface area contributed by atoms with E-state index in [4.69, 9.17) is 16.3 Å². The molecule has 0 radical (unpaired) electrons. The van der Waals surface area contributed by atoms with Crippen LogP contribution in [0.2, 0.25) is 0 Å². The highest BCUT2D eigenvalue weighted by atomic mass is 35.5. The summed E-state index contributed by atoms with van der Waals surface area (Å²) in [6.07, 6.45) is 0. The predicted octanol–water partition coefficient (Wildman–Crippen LogP) is 5.65. The molecule has 0 heterocycles. The van der Waals surface area contributed by atoms with Crippen LogP contribution in [-0.2, 0) is 0 Å². The molecule has 0 aliphatic heterocycles. The molecule has 0 spiro atoms. The van der Waals surface area contributed by atoms with Gasteiger partial charge in [-0.05, 0) is 80.1 Å². The Morgan fingerprint density at radius 2 is 1.48 bits per heavy atom. The van der Waals surface area contributed by atoms with Crippen molar-refractivity contribution in [1.82, 2.24) is 0 Å². The van der Waals surface area contributed by atoms with Gasteiger partial charge in [-0.2, -0.15) is 0 Å². The molecule has 0 saturated carbocycles. The molecular formula is C19H23ClO. The summed E-state index contributed by atoms with van der Waals surface area (Å²) in [6, 6.07) is 10.3. The molecule has 2 rings (SSSR count). The molecular weight excluding hydrogens is 280 g/mol. The fraction of sp³-hybridized carbons (Fsp3) is 0.368. The van der Waals surface area contributed by atoms with Crippen LogP contribution in [0, 0.1) is 27.7 Å². The van der Waals surface area contributed by atoms with E-state index in [-0.39, 0.29) is 5.38 Å². The smallest absolute Gasteiger partial charge is 0.119 e. The first-order chi connectivity index (χ1) is 9.95. The van der Waals surface area contributed by atoms with E-state index in [9.17, 15) is 0 Å². The fourth-order valence-electron chi connectivity index (χ4n) is 2.69. The van der Waals surface area contributed by atoms with Gasteiger partial charge in [0.05, 0.1) is 12.0 Å². The lowest BCUT2D eigenvalue weighted by molar-refractivity contribution is 0.340. The normalized spacial score (nSPS) is 12.3. The first-order valence-corrected chi connectivity index (χ1v) is 7.83. The van der Waals surface area contributed by atoms with Gasteiger partial charge in [0.15, 0.2) is 0 Å². The lowest BCUT2D eigenvalue weighted by Crippen LogP contribution is -2.03. The second-order valence-electron chi connectivity index (χ2n) is 5.54. The molecule has 2 heteroatoms. The largest absolute Gasteiger partial charge is 0.494 e. The zero-order valence-electron chi connectivity index (χ0n) is 13.5. The molecule has 1 unspecified atom stereocenters. The monoisotopic (exact) mass is 302 g/mol. The average Bonchev–Trinajstić information content (AvgIpc) is 2.46. The second kappa shape index (κ2) is 6.53. The first kappa shape index (κ1) is 15.9. The molecule has 0 aromatic heterocycles. The van der Waals surface area contributed by atoms with E-state index in [2.05, 4.69) is 45.9 Å². The highest BCUT2D eigenvalue weighted by Crippen LogP contribution is 2.36. The Morgan fingerprint density at radius 1 is 0.952 bits per heavy atom. The van der Waals surface area contributed by atoms with Crippen molar-refractivity contribution < 1.29 is 4.74 Å². The van der Waals surface area contributed by atoms with Crippen molar-refractivity contribution in [1.29, 1.82) is 0 Å². The third-order valence-corrected chi connectivity index (χ3v) is 4.63. The highest BCUT2D eigenvalue weighted by molar-refractivity contribution is 6.22. The maximum absolute atomic E-state index is 6.77. The SMILES string of the molecule is CCOc1ccc(C(Cl)c2c(C)c(C)cc(C)c2C)cc1. The van der Waals surface area contributed by atoms with Crippen LogP contribution >= 0.6 is 11.6 Å². The molecule has 0 aliphatic carbocycles. The Balaban J connectivity index is 2.42. The first-order valence-electron chi connectivity index (χ1n) is 7.39. The molecule has 0 saturated heterocycles. The number of hydrogen-bond acceptors (Lipinski definition) is 1. The van der Waals surface area contributed by atoms with Crippen LogP contribution in [0.25, 0.3) is 0 Å². The number of hydrogen-bond donors (Lipinski definition) is 0. The summed E-state index contributed by atoms with van der Waals surface area (Å²) in [4.78, 5) is 0. The molecule has 1 nitrogen and oxygen atoms in total. The lowest BCUT2D eigenvalue weighted by atomic mass is 9.90. The number of alkyl halides is 1. The maximum Gasteiger partial charge on any atom is 0.119 e. The molecule has 0 aliphatic rings. The summed E-state index contributed by atoms with van der Waals surface area (Å²) >= 11 is 6.77. The van der Waals surface area contributed by atoms with Crippen molar-refractivity contribution in [3.8, 4) is 5.75 Å². The molecule has 2 aromatic carbocycles. The average molecular weight is 303 g/mol. The van der Waals surface area contributed by atoms with Crippen molar-refractivity contribution >= 4 is 11.6 Å². The summed E-state index contributed by atoms with van der Waals surface area (Å²) in [7, 11) is 0. The number of benzene rings is 2. The zero-order valence-corrected chi connectivity index (χ0v) is 14.2. The third kappa shape index (κ3) is 3.24. The van der Waals surface area contributed by atoms with E-state index >= 15 is 0 Å². The second-order valence-corrected chi connectivity index (χ2v) is 5.98. The van der Waals surface area contributed by atoms with Crippen LogP contribution in [0.3, 0.4) is 0 Å². The van der Waals surface area contributed by atoms with Gasteiger partial charge in [-0.3, -0.25) is 0 Å². The van der Waals surface area contributed by atoms with Gasteiger partial charge >= 0.3 is 0 Å². The van der Waals surface area contributed by atoms with Gasteiger partial charge in [0, 0.05) is 0 Å². The fourth-order valence-corrected chi connectivity index (χ4v) is 3.17. The quantitative estimate of drug-likeness (QED) is 0.663. The van der Waals surface area contributed by atoms with Gasteiger partial charge in [-0.25, -0.2) is 0 Å².